The van der Waals surface area contributed by atoms with Crippen LogP contribution in [0.3, 0.4) is 0 Å². The van der Waals surface area contributed by atoms with Crippen molar-refractivity contribution in [2.75, 3.05) is 20.6 Å². The van der Waals surface area contributed by atoms with Gasteiger partial charge >= 0.3 is 0 Å². The summed E-state index contributed by atoms with van der Waals surface area (Å²) in [7, 11) is 4.03. The molecule has 1 N–H and O–H groups in total. The van der Waals surface area contributed by atoms with Crippen molar-refractivity contribution in [1.29, 1.82) is 0 Å². The minimum absolute atomic E-state index is 0.278. The van der Waals surface area contributed by atoms with Crippen LogP contribution in [-0.4, -0.2) is 31.6 Å². The third kappa shape index (κ3) is 5.24. The van der Waals surface area contributed by atoms with Gasteiger partial charge in [0.25, 0.3) is 0 Å². The fourth-order valence-corrected chi connectivity index (χ4v) is 1.52. The summed E-state index contributed by atoms with van der Waals surface area (Å²) in [5, 5.41) is 3.19. The average Bonchev–Trinajstić information content (AvgIpc) is 2.27. The average molecular weight is 242 g/mol. The van der Waals surface area contributed by atoms with E-state index in [0.29, 0.717) is 12.1 Å². The molecular formula is C13H20F2N2. The van der Waals surface area contributed by atoms with E-state index < -0.39 is 5.82 Å². The summed E-state index contributed by atoms with van der Waals surface area (Å²) < 4.78 is 26.2. The summed E-state index contributed by atoms with van der Waals surface area (Å²) in [6, 6.07) is 3.81. The van der Waals surface area contributed by atoms with Crippen molar-refractivity contribution in [2.45, 2.75) is 25.9 Å². The molecule has 17 heavy (non-hydrogen) atoms. The van der Waals surface area contributed by atoms with Crippen molar-refractivity contribution in [3.63, 3.8) is 0 Å². The molecule has 1 aromatic rings. The van der Waals surface area contributed by atoms with Crippen LogP contribution in [0.4, 0.5) is 8.78 Å². The van der Waals surface area contributed by atoms with Crippen molar-refractivity contribution in [2.24, 2.45) is 0 Å². The van der Waals surface area contributed by atoms with E-state index in [1.807, 2.05) is 21.0 Å². The number of rotatable bonds is 6. The van der Waals surface area contributed by atoms with Gasteiger partial charge in [0.15, 0.2) is 0 Å². The summed E-state index contributed by atoms with van der Waals surface area (Å²) in [6.07, 6.45) is 0.976. The molecule has 0 saturated carbocycles. The fraction of sp³-hybridized carbons (Fsp3) is 0.538. The van der Waals surface area contributed by atoms with Crippen LogP contribution in [0.1, 0.15) is 18.9 Å². The van der Waals surface area contributed by atoms with Gasteiger partial charge in [-0.25, -0.2) is 8.78 Å². The highest BCUT2D eigenvalue weighted by Crippen LogP contribution is 2.09. The third-order valence-corrected chi connectivity index (χ3v) is 2.66. The molecule has 0 spiro atoms. The highest BCUT2D eigenvalue weighted by molar-refractivity contribution is 5.18. The van der Waals surface area contributed by atoms with Gasteiger partial charge in [-0.3, -0.25) is 0 Å². The Balaban J connectivity index is 2.41. The molecule has 0 aliphatic carbocycles. The van der Waals surface area contributed by atoms with Crippen LogP contribution in [-0.2, 0) is 6.54 Å². The van der Waals surface area contributed by atoms with E-state index in [2.05, 4.69) is 10.2 Å². The maximum atomic E-state index is 13.3. The second-order valence-electron chi connectivity index (χ2n) is 4.61. The van der Waals surface area contributed by atoms with Crippen LogP contribution in [0.2, 0.25) is 0 Å². The molecule has 0 saturated heterocycles. The zero-order valence-electron chi connectivity index (χ0n) is 10.6. The topological polar surface area (TPSA) is 15.3 Å². The molecule has 0 aliphatic rings. The van der Waals surface area contributed by atoms with Gasteiger partial charge < -0.3 is 10.2 Å². The molecule has 1 aromatic carbocycles. The second kappa shape index (κ2) is 6.67. The molecule has 0 heterocycles. The summed E-state index contributed by atoms with van der Waals surface area (Å²) in [5.74, 6) is -0.761. The maximum Gasteiger partial charge on any atom is 0.127 e. The van der Waals surface area contributed by atoms with Gasteiger partial charge in [-0.2, -0.15) is 0 Å². The molecule has 0 aliphatic heterocycles. The number of nitrogens with zero attached hydrogens (tertiary/aromatic N) is 1. The first kappa shape index (κ1) is 14.1. The largest absolute Gasteiger partial charge is 0.310 e. The Morgan fingerprint density at radius 2 is 2.00 bits per heavy atom. The smallest absolute Gasteiger partial charge is 0.127 e. The van der Waals surface area contributed by atoms with Crippen LogP contribution in [0.15, 0.2) is 18.2 Å². The summed E-state index contributed by atoms with van der Waals surface area (Å²) in [6.45, 7) is 3.37. The lowest BCUT2D eigenvalue weighted by atomic mass is 10.1. The van der Waals surface area contributed by atoms with Crippen molar-refractivity contribution >= 4 is 0 Å². The van der Waals surface area contributed by atoms with E-state index in [-0.39, 0.29) is 11.9 Å². The molecule has 0 aromatic heterocycles. The van der Waals surface area contributed by atoms with E-state index in [1.54, 1.807) is 0 Å². The Bertz CT molecular complexity index is 353. The minimum Gasteiger partial charge on any atom is -0.310 e. The number of nitrogens with one attached hydrogen (secondary N) is 1. The summed E-state index contributed by atoms with van der Waals surface area (Å²) in [5.41, 5.74) is 0.377. The molecule has 0 fully saturated rings. The Morgan fingerprint density at radius 3 is 2.65 bits per heavy atom. The van der Waals surface area contributed by atoms with Gasteiger partial charge in [0.05, 0.1) is 0 Å². The fourth-order valence-electron chi connectivity index (χ4n) is 1.52. The lowest BCUT2D eigenvalue weighted by Gasteiger charge is -2.16. The van der Waals surface area contributed by atoms with Crippen LogP contribution >= 0.6 is 0 Å². The monoisotopic (exact) mass is 242 g/mol. The standard InChI is InChI=1S/C13H20F2N2/c1-10(6-7-17(2)3)16-9-11-8-12(14)4-5-13(11)15/h4-5,8,10,16H,6-7,9H2,1-3H3. The molecule has 1 atom stereocenters. The van der Waals surface area contributed by atoms with Crippen LogP contribution < -0.4 is 5.32 Å². The molecule has 2 nitrogen and oxygen atoms in total. The predicted octanol–water partition coefficient (Wildman–Crippen LogP) is 2.39. The molecule has 0 radical (unpaired) electrons. The summed E-state index contributed by atoms with van der Waals surface area (Å²) in [4.78, 5) is 2.10. The van der Waals surface area contributed by atoms with E-state index in [1.165, 1.54) is 6.07 Å². The SMILES string of the molecule is CC(CCN(C)C)NCc1cc(F)ccc1F. The summed E-state index contributed by atoms with van der Waals surface area (Å²) >= 11 is 0. The Labute approximate surface area is 102 Å². The highest BCUT2D eigenvalue weighted by Gasteiger charge is 2.06. The van der Waals surface area contributed by atoms with Gasteiger partial charge in [-0.15, -0.1) is 0 Å². The minimum atomic E-state index is -0.399. The van der Waals surface area contributed by atoms with Gasteiger partial charge in [-0.05, 0) is 52.2 Å². The molecule has 0 bridgehead atoms. The van der Waals surface area contributed by atoms with Crippen molar-refractivity contribution in [3.05, 3.63) is 35.4 Å². The number of benzene rings is 1. The predicted molar refractivity (Wildman–Crippen MR) is 65.8 cm³/mol. The van der Waals surface area contributed by atoms with Crippen LogP contribution in [0.25, 0.3) is 0 Å². The first-order chi connectivity index (χ1) is 7.99. The first-order valence-corrected chi connectivity index (χ1v) is 5.81. The van der Waals surface area contributed by atoms with Crippen LogP contribution in [0.5, 0.6) is 0 Å². The Morgan fingerprint density at radius 1 is 1.29 bits per heavy atom. The number of hydrogen-bond acceptors (Lipinski definition) is 2. The quantitative estimate of drug-likeness (QED) is 0.824. The Hall–Kier alpha value is -1.00. The van der Waals surface area contributed by atoms with Gasteiger partial charge in [0, 0.05) is 18.2 Å². The molecule has 1 unspecified atom stereocenters. The van der Waals surface area contributed by atoms with E-state index in [9.17, 15) is 8.78 Å². The highest BCUT2D eigenvalue weighted by atomic mass is 19.1. The normalized spacial score (nSPS) is 13.1. The van der Waals surface area contributed by atoms with Crippen molar-refractivity contribution in [3.8, 4) is 0 Å². The number of hydrogen-bond donors (Lipinski definition) is 1. The van der Waals surface area contributed by atoms with Gasteiger partial charge in [-0.1, -0.05) is 0 Å². The van der Waals surface area contributed by atoms with E-state index in [4.69, 9.17) is 0 Å². The lowest BCUT2D eigenvalue weighted by Crippen LogP contribution is -2.29. The first-order valence-electron chi connectivity index (χ1n) is 5.81. The van der Waals surface area contributed by atoms with Crippen molar-refractivity contribution in [1.82, 2.24) is 10.2 Å². The number of halogens is 2. The molecule has 4 heteroatoms. The van der Waals surface area contributed by atoms with Gasteiger partial charge in [0.2, 0.25) is 0 Å². The van der Waals surface area contributed by atoms with Crippen molar-refractivity contribution < 1.29 is 8.78 Å². The van der Waals surface area contributed by atoms with Gasteiger partial charge in [0.1, 0.15) is 11.6 Å². The Kier molecular flexibility index (Phi) is 5.51. The second-order valence-corrected chi connectivity index (χ2v) is 4.61. The van der Waals surface area contributed by atoms with Crippen LogP contribution in [0, 0.1) is 11.6 Å². The molecular weight excluding hydrogens is 222 g/mol. The zero-order chi connectivity index (χ0) is 12.8. The third-order valence-electron chi connectivity index (χ3n) is 2.66. The maximum absolute atomic E-state index is 13.3. The zero-order valence-corrected chi connectivity index (χ0v) is 10.6. The molecule has 0 amide bonds. The van der Waals surface area contributed by atoms with E-state index in [0.717, 1.165) is 25.1 Å². The molecule has 96 valence electrons. The lowest BCUT2D eigenvalue weighted by molar-refractivity contribution is 0.364. The molecule has 1 rings (SSSR count). The van der Waals surface area contributed by atoms with E-state index >= 15 is 0 Å².